The summed E-state index contributed by atoms with van der Waals surface area (Å²) in [6.07, 6.45) is 0. The lowest BCUT2D eigenvalue weighted by molar-refractivity contribution is 0.0688. The average molecular weight is 369 g/mol. The summed E-state index contributed by atoms with van der Waals surface area (Å²) in [6, 6.07) is 15.3. The fourth-order valence-corrected chi connectivity index (χ4v) is 2.82. The second kappa shape index (κ2) is 9.21. The van der Waals surface area contributed by atoms with Crippen molar-refractivity contribution in [3.8, 4) is 16.9 Å². The summed E-state index contributed by atoms with van der Waals surface area (Å²) in [5, 5.41) is 3.71. The molecule has 0 unspecified atom stereocenters. The molecule has 6 nitrogen and oxygen atoms in total. The summed E-state index contributed by atoms with van der Waals surface area (Å²) in [4.78, 5) is 12.7. The summed E-state index contributed by atoms with van der Waals surface area (Å²) >= 11 is 0. The summed E-state index contributed by atoms with van der Waals surface area (Å²) in [7, 11) is 3.21. The Morgan fingerprint density at radius 3 is 2.59 bits per heavy atom. The van der Waals surface area contributed by atoms with Gasteiger partial charge in [-0.2, -0.15) is 0 Å². The smallest absolute Gasteiger partial charge is 0.287 e. The number of hydrogen-bond acceptors (Lipinski definition) is 5. The summed E-state index contributed by atoms with van der Waals surface area (Å²) < 4.78 is 21.5. The van der Waals surface area contributed by atoms with E-state index in [0.717, 1.165) is 16.5 Å². The highest BCUT2D eigenvalue weighted by atomic mass is 16.5. The number of ether oxygens (including phenoxy) is 3. The van der Waals surface area contributed by atoms with Crippen molar-refractivity contribution in [1.82, 2.24) is 5.32 Å². The van der Waals surface area contributed by atoms with Crippen LogP contribution in [0.1, 0.15) is 10.6 Å². The number of furan rings is 1. The predicted molar refractivity (Wildman–Crippen MR) is 103 cm³/mol. The van der Waals surface area contributed by atoms with Gasteiger partial charge in [-0.1, -0.05) is 30.3 Å². The first-order chi connectivity index (χ1) is 13.2. The molecule has 0 aliphatic rings. The molecule has 0 atom stereocenters. The second-order valence-electron chi connectivity index (χ2n) is 5.90. The lowest BCUT2D eigenvalue weighted by Crippen LogP contribution is -2.27. The van der Waals surface area contributed by atoms with Gasteiger partial charge in [-0.05, 0) is 17.7 Å². The SMILES string of the molecule is COCCOCCNC(=O)c1oc2cc(OC)ccc2c1-c1ccccc1. The van der Waals surface area contributed by atoms with Crippen molar-refractivity contribution in [1.29, 1.82) is 0 Å². The Bertz CT molecular complexity index is 888. The van der Waals surface area contributed by atoms with Crippen molar-refractivity contribution in [2.24, 2.45) is 0 Å². The van der Waals surface area contributed by atoms with Gasteiger partial charge in [0, 0.05) is 30.7 Å². The molecule has 3 rings (SSSR count). The number of methoxy groups -OCH3 is 2. The van der Waals surface area contributed by atoms with Crippen LogP contribution in [0.5, 0.6) is 5.75 Å². The predicted octanol–water partition coefficient (Wildman–Crippen LogP) is 3.50. The third-order valence-corrected chi connectivity index (χ3v) is 4.13. The molecule has 0 spiro atoms. The average Bonchev–Trinajstić information content (AvgIpc) is 3.09. The normalized spacial score (nSPS) is 10.9. The fourth-order valence-electron chi connectivity index (χ4n) is 2.82. The zero-order chi connectivity index (χ0) is 19.1. The molecule has 6 heteroatoms. The monoisotopic (exact) mass is 369 g/mol. The van der Waals surface area contributed by atoms with Gasteiger partial charge in [0.2, 0.25) is 5.76 Å². The molecule has 0 radical (unpaired) electrons. The van der Waals surface area contributed by atoms with Crippen LogP contribution < -0.4 is 10.1 Å². The van der Waals surface area contributed by atoms with Crippen molar-refractivity contribution in [3.05, 3.63) is 54.3 Å². The molecule has 0 aliphatic heterocycles. The topological polar surface area (TPSA) is 69.9 Å². The van der Waals surface area contributed by atoms with Crippen molar-refractivity contribution < 1.29 is 23.4 Å². The molecule has 0 saturated carbocycles. The van der Waals surface area contributed by atoms with Crippen molar-refractivity contribution in [2.45, 2.75) is 0 Å². The van der Waals surface area contributed by atoms with E-state index in [2.05, 4.69) is 5.32 Å². The van der Waals surface area contributed by atoms with Crippen LogP contribution >= 0.6 is 0 Å². The highest BCUT2D eigenvalue weighted by molar-refractivity contribution is 6.08. The number of amides is 1. The first-order valence-electron chi connectivity index (χ1n) is 8.75. The van der Waals surface area contributed by atoms with Gasteiger partial charge < -0.3 is 23.9 Å². The molecule has 1 heterocycles. The summed E-state index contributed by atoms with van der Waals surface area (Å²) in [5.41, 5.74) is 2.30. The Balaban J connectivity index is 1.86. The molecule has 27 heavy (non-hydrogen) atoms. The van der Waals surface area contributed by atoms with E-state index in [1.165, 1.54) is 0 Å². The molecule has 0 saturated heterocycles. The van der Waals surface area contributed by atoms with E-state index in [1.54, 1.807) is 20.3 Å². The zero-order valence-corrected chi connectivity index (χ0v) is 15.5. The van der Waals surface area contributed by atoms with E-state index in [4.69, 9.17) is 18.6 Å². The van der Waals surface area contributed by atoms with Crippen LogP contribution in [0, 0.1) is 0 Å². The van der Waals surface area contributed by atoms with E-state index >= 15 is 0 Å². The van der Waals surface area contributed by atoms with E-state index in [0.29, 0.717) is 37.7 Å². The molecule has 1 aromatic heterocycles. The minimum atomic E-state index is -0.278. The van der Waals surface area contributed by atoms with E-state index in [9.17, 15) is 4.79 Å². The van der Waals surface area contributed by atoms with Gasteiger partial charge in [0.15, 0.2) is 0 Å². The maximum absolute atomic E-state index is 12.7. The van der Waals surface area contributed by atoms with Gasteiger partial charge in [0.1, 0.15) is 11.3 Å². The molecule has 0 fully saturated rings. The number of rotatable bonds is 9. The molecule has 142 valence electrons. The van der Waals surface area contributed by atoms with Gasteiger partial charge in [-0.15, -0.1) is 0 Å². The summed E-state index contributed by atoms with van der Waals surface area (Å²) in [6.45, 7) is 1.81. The Kier molecular flexibility index (Phi) is 6.46. The quantitative estimate of drug-likeness (QED) is 0.585. The van der Waals surface area contributed by atoms with E-state index in [1.807, 2.05) is 42.5 Å². The minimum Gasteiger partial charge on any atom is -0.497 e. The Hall–Kier alpha value is -2.83. The van der Waals surface area contributed by atoms with Crippen LogP contribution in [0.15, 0.2) is 52.9 Å². The number of benzene rings is 2. The molecule has 1 N–H and O–H groups in total. The van der Waals surface area contributed by atoms with Crippen LogP contribution in [-0.4, -0.2) is 46.5 Å². The van der Waals surface area contributed by atoms with Gasteiger partial charge in [-0.25, -0.2) is 0 Å². The maximum Gasteiger partial charge on any atom is 0.287 e. The van der Waals surface area contributed by atoms with Crippen molar-refractivity contribution in [2.75, 3.05) is 40.6 Å². The van der Waals surface area contributed by atoms with E-state index < -0.39 is 0 Å². The molecule has 2 aromatic carbocycles. The third-order valence-electron chi connectivity index (χ3n) is 4.13. The fraction of sp³-hybridized carbons (Fsp3) is 0.286. The third kappa shape index (κ3) is 4.48. The van der Waals surface area contributed by atoms with Crippen molar-refractivity contribution in [3.63, 3.8) is 0 Å². The van der Waals surface area contributed by atoms with Gasteiger partial charge in [-0.3, -0.25) is 4.79 Å². The molecule has 0 bridgehead atoms. The lowest BCUT2D eigenvalue weighted by Gasteiger charge is -2.06. The van der Waals surface area contributed by atoms with Crippen LogP contribution in [-0.2, 0) is 9.47 Å². The molecular weight excluding hydrogens is 346 g/mol. The number of fused-ring (bicyclic) bond motifs is 1. The number of carbonyl (C=O) groups excluding carboxylic acids is 1. The molecule has 3 aromatic rings. The summed E-state index contributed by atoms with van der Waals surface area (Å²) in [5.74, 6) is 0.676. The van der Waals surface area contributed by atoms with Gasteiger partial charge >= 0.3 is 0 Å². The second-order valence-corrected chi connectivity index (χ2v) is 5.90. The standard InChI is InChI=1S/C21H23NO5/c1-24-12-13-26-11-10-22-21(23)20-19(15-6-4-3-5-7-15)17-9-8-16(25-2)14-18(17)27-20/h3-9,14H,10-13H2,1-2H3,(H,22,23). The van der Waals surface area contributed by atoms with E-state index in [-0.39, 0.29) is 11.7 Å². The van der Waals surface area contributed by atoms with Gasteiger partial charge in [0.05, 0.1) is 26.9 Å². The highest BCUT2D eigenvalue weighted by Gasteiger charge is 2.22. The Morgan fingerprint density at radius 1 is 1.04 bits per heavy atom. The zero-order valence-electron chi connectivity index (χ0n) is 15.5. The first kappa shape index (κ1) is 18.9. The highest BCUT2D eigenvalue weighted by Crippen LogP contribution is 2.36. The Morgan fingerprint density at radius 2 is 1.85 bits per heavy atom. The Labute approximate surface area is 158 Å². The number of hydrogen-bond donors (Lipinski definition) is 1. The van der Waals surface area contributed by atoms with Crippen LogP contribution in [0.3, 0.4) is 0 Å². The number of nitrogens with one attached hydrogen (secondary N) is 1. The molecule has 0 aliphatic carbocycles. The van der Waals surface area contributed by atoms with Crippen LogP contribution in [0.2, 0.25) is 0 Å². The maximum atomic E-state index is 12.7. The van der Waals surface area contributed by atoms with Crippen molar-refractivity contribution >= 4 is 16.9 Å². The van der Waals surface area contributed by atoms with Crippen LogP contribution in [0.4, 0.5) is 0 Å². The number of carbonyl (C=O) groups is 1. The van der Waals surface area contributed by atoms with Crippen LogP contribution in [0.25, 0.3) is 22.1 Å². The first-order valence-corrected chi connectivity index (χ1v) is 8.75. The minimum absolute atomic E-state index is 0.278. The largest absolute Gasteiger partial charge is 0.497 e. The molecular formula is C21H23NO5. The molecule has 1 amide bonds. The lowest BCUT2D eigenvalue weighted by atomic mass is 10.0. The van der Waals surface area contributed by atoms with Gasteiger partial charge in [0.25, 0.3) is 5.91 Å².